The van der Waals surface area contributed by atoms with E-state index in [1.54, 1.807) is 0 Å². The molecule has 136 valence electrons. The van der Waals surface area contributed by atoms with Gasteiger partial charge in [-0.15, -0.1) is 0 Å². The van der Waals surface area contributed by atoms with Crippen molar-refractivity contribution >= 4 is 18.2 Å². The van der Waals surface area contributed by atoms with Crippen LogP contribution in [-0.2, 0) is 38.1 Å². The summed E-state index contributed by atoms with van der Waals surface area (Å²) in [5.74, 6) is -1.39. The number of aldehydes is 1. The van der Waals surface area contributed by atoms with E-state index in [1.165, 1.54) is 0 Å². The van der Waals surface area contributed by atoms with Crippen LogP contribution in [0, 0.1) is 0 Å². The maximum atomic E-state index is 10.7. The second-order valence-electron chi connectivity index (χ2n) is 3.49. The molecule has 0 unspecified atom stereocenters. The van der Waals surface area contributed by atoms with E-state index in [2.05, 4.69) is 11.3 Å². The Morgan fingerprint density at radius 3 is 1.39 bits per heavy atom. The van der Waals surface area contributed by atoms with Gasteiger partial charge in [-0.1, -0.05) is 21.4 Å². The molecule has 0 aliphatic carbocycles. The summed E-state index contributed by atoms with van der Waals surface area (Å²) in [6, 6.07) is 0. The summed E-state index contributed by atoms with van der Waals surface area (Å²) < 4.78 is 24.6. The summed E-state index contributed by atoms with van der Waals surface area (Å²) in [7, 11) is 0. The summed E-state index contributed by atoms with van der Waals surface area (Å²) in [6.45, 7) is 5.44. The van der Waals surface area contributed by atoms with E-state index in [-0.39, 0.29) is 41.0 Å². The van der Waals surface area contributed by atoms with Crippen LogP contribution in [-0.4, -0.2) is 71.1 Å². The van der Waals surface area contributed by atoms with Crippen molar-refractivity contribution in [3.05, 3.63) is 12.7 Å². The molecule has 0 N–H and O–H groups in total. The molecule has 0 bridgehead atoms. The van der Waals surface area contributed by atoms with Gasteiger partial charge in [0.2, 0.25) is 6.29 Å². The SMILES string of the molecule is C.C.C=CC(=O)OCCOCCOCCOCCOC(=O)C=O. The Bertz CT molecular complexity index is 287. The average molecular weight is 336 g/mol. The number of rotatable bonds is 14. The topological polar surface area (TPSA) is 97.4 Å². The van der Waals surface area contributed by atoms with Crippen molar-refractivity contribution in [3.63, 3.8) is 0 Å². The molecule has 0 amide bonds. The minimum Gasteiger partial charge on any atom is -0.460 e. The Kier molecular flexibility index (Phi) is 23.0. The van der Waals surface area contributed by atoms with E-state index in [4.69, 9.17) is 18.9 Å². The highest BCUT2D eigenvalue weighted by atomic mass is 16.6. The van der Waals surface area contributed by atoms with Gasteiger partial charge in [0, 0.05) is 6.08 Å². The first-order valence-corrected chi connectivity index (χ1v) is 6.35. The van der Waals surface area contributed by atoms with Gasteiger partial charge in [0.05, 0.1) is 39.6 Å². The fourth-order valence-electron chi connectivity index (χ4n) is 1.04. The molecule has 0 radical (unpaired) electrons. The molecule has 0 saturated heterocycles. The normalized spacial score (nSPS) is 9.04. The number of esters is 2. The molecule has 0 rings (SSSR count). The summed E-state index contributed by atoms with van der Waals surface area (Å²) in [6.07, 6.45) is 1.18. The molecule has 0 aromatic heterocycles. The molecule has 0 aromatic rings. The zero-order valence-electron chi connectivity index (χ0n) is 11.8. The van der Waals surface area contributed by atoms with Gasteiger partial charge in [0.15, 0.2) is 0 Å². The lowest BCUT2D eigenvalue weighted by atomic mass is 10.6. The highest BCUT2D eigenvalue weighted by Crippen LogP contribution is 1.84. The van der Waals surface area contributed by atoms with E-state index >= 15 is 0 Å². The maximum absolute atomic E-state index is 10.7. The molecule has 0 heterocycles. The van der Waals surface area contributed by atoms with Crippen LogP contribution in [0.5, 0.6) is 0 Å². The molecule has 23 heavy (non-hydrogen) atoms. The Morgan fingerprint density at radius 1 is 0.696 bits per heavy atom. The van der Waals surface area contributed by atoms with E-state index in [1.807, 2.05) is 0 Å². The molecule has 0 aromatic carbocycles. The molecule has 8 heteroatoms. The second kappa shape index (κ2) is 20.2. The zero-order chi connectivity index (χ0) is 15.8. The van der Waals surface area contributed by atoms with Gasteiger partial charge in [0.1, 0.15) is 13.2 Å². The molecular weight excluding hydrogens is 308 g/mol. The summed E-state index contributed by atoms with van der Waals surface area (Å²) in [5.41, 5.74) is 0. The number of hydrogen-bond donors (Lipinski definition) is 0. The van der Waals surface area contributed by atoms with Crippen LogP contribution in [0.15, 0.2) is 12.7 Å². The predicted octanol–water partition coefficient (Wildman–Crippen LogP) is 0.780. The first kappa shape index (κ1) is 26.1. The minimum absolute atomic E-state index is 0. The van der Waals surface area contributed by atoms with Gasteiger partial charge in [-0.25, -0.2) is 9.59 Å². The number of carbonyl (C=O) groups is 3. The Morgan fingerprint density at radius 2 is 1.04 bits per heavy atom. The highest BCUT2D eigenvalue weighted by molar-refractivity contribution is 6.20. The van der Waals surface area contributed by atoms with Crippen LogP contribution in [0.3, 0.4) is 0 Å². The Hall–Kier alpha value is -1.77. The summed E-state index contributed by atoms with van der Waals surface area (Å²) >= 11 is 0. The molecule has 0 aliphatic rings. The van der Waals surface area contributed by atoms with Crippen molar-refractivity contribution in [2.75, 3.05) is 52.9 Å². The van der Waals surface area contributed by atoms with Crippen LogP contribution in [0.4, 0.5) is 0 Å². The highest BCUT2D eigenvalue weighted by Gasteiger charge is 1.98. The molecular formula is C15H28O8. The van der Waals surface area contributed by atoms with Crippen LogP contribution in [0.2, 0.25) is 0 Å². The molecule has 0 atom stereocenters. The van der Waals surface area contributed by atoms with Crippen LogP contribution in [0.1, 0.15) is 14.9 Å². The van der Waals surface area contributed by atoms with Crippen LogP contribution >= 0.6 is 0 Å². The smallest absolute Gasteiger partial charge is 0.371 e. The first-order valence-electron chi connectivity index (χ1n) is 6.35. The van der Waals surface area contributed by atoms with Gasteiger partial charge in [-0.05, 0) is 0 Å². The number of ether oxygens (including phenoxy) is 5. The van der Waals surface area contributed by atoms with Gasteiger partial charge >= 0.3 is 11.9 Å². The predicted molar refractivity (Wildman–Crippen MR) is 84.1 cm³/mol. The second-order valence-corrected chi connectivity index (χ2v) is 3.49. The maximum Gasteiger partial charge on any atom is 0.371 e. The molecule has 0 spiro atoms. The minimum atomic E-state index is -0.911. The Labute approximate surface area is 137 Å². The van der Waals surface area contributed by atoms with Crippen molar-refractivity contribution in [2.24, 2.45) is 0 Å². The van der Waals surface area contributed by atoms with Crippen molar-refractivity contribution in [1.29, 1.82) is 0 Å². The van der Waals surface area contributed by atoms with Crippen LogP contribution < -0.4 is 0 Å². The van der Waals surface area contributed by atoms with E-state index in [0.29, 0.717) is 33.0 Å². The lowest BCUT2D eigenvalue weighted by Gasteiger charge is -2.07. The summed E-state index contributed by atoms with van der Waals surface area (Å²) in [5, 5.41) is 0. The van der Waals surface area contributed by atoms with Crippen molar-refractivity contribution in [1.82, 2.24) is 0 Å². The third-order valence-electron chi connectivity index (χ3n) is 1.95. The lowest BCUT2D eigenvalue weighted by molar-refractivity contribution is -0.150. The Balaban J connectivity index is -0.00000200. The largest absolute Gasteiger partial charge is 0.460 e. The molecule has 0 saturated carbocycles. The van der Waals surface area contributed by atoms with Gasteiger partial charge in [-0.2, -0.15) is 0 Å². The quantitative estimate of drug-likeness (QED) is 0.151. The monoisotopic (exact) mass is 336 g/mol. The third-order valence-corrected chi connectivity index (χ3v) is 1.95. The van der Waals surface area contributed by atoms with Crippen molar-refractivity contribution < 1.29 is 38.1 Å². The lowest BCUT2D eigenvalue weighted by Crippen LogP contribution is -2.15. The van der Waals surface area contributed by atoms with E-state index in [9.17, 15) is 14.4 Å². The standard InChI is InChI=1S/C13H20O8.2CH4/c1-2-12(15)20-9-7-18-5-3-17-4-6-19-8-10-21-13(16)11-14;;/h2,11H,1,3-10H2;2*1H4. The fourth-order valence-corrected chi connectivity index (χ4v) is 1.04. The van der Waals surface area contributed by atoms with Crippen LogP contribution in [0.25, 0.3) is 0 Å². The first-order chi connectivity index (χ1) is 10.2. The number of hydrogen-bond acceptors (Lipinski definition) is 8. The van der Waals surface area contributed by atoms with Gasteiger partial charge in [-0.3, -0.25) is 4.79 Å². The van der Waals surface area contributed by atoms with E-state index in [0.717, 1.165) is 6.08 Å². The number of carbonyl (C=O) groups excluding carboxylic acids is 3. The van der Waals surface area contributed by atoms with Crippen molar-refractivity contribution in [2.45, 2.75) is 14.9 Å². The molecule has 8 nitrogen and oxygen atoms in total. The summed E-state index contributed by atoms with van der Waals surface area (Å²) in [4.78, 5) is 31.0. The average Bonchev–Trinajstić information content (AvgIpc) is 2.51. The van der Waals surface area contributed by atoms with E-state index < -0.39 is 11.9 Å². The fraction of sp³-hybridized carbons (Fsp3) is 0.667. The molecule has 0 aliphatic heterocycles. The third kappa shape index (κ3) is 20.2. The molecule has 0 fully saturated rings. The van der Waals surface area contributed by atoms with Crippen molar-refractivity contribution in [3.8, 4) is 0 Å². The zero-order valence-corrected chi connectivity index (χ0v) is 11.8. The van der Waals surface area contributed by atoms with Gasteiger partial charge in [0.25, 0.3) is 0 Å². The van der Waals surface area contributed by atoms with Gasteiger partial charge < -0.3 is 23.7 Å².